The van der Waals surface area contributed by atoms with Crippen LogP contribution in [0.5, 0.6) is 0 Å². The van der Waals surface area contributed by atoms with Gasteiger partial charge in [0.05, 0.1) is 13.2 Å². The fourth-order valence-electron chi connectivity index (χ4n) is 1.65. The second-order valence-corrected chi connectivity index (χ2v) is 5.11. The van der Waals surface area contributed by atoms with E-state index in [1.54, 1.807) is 0 Å². The summed E-state index contributed by atoms with van der Waals surface area (Å²) in [6, 6.07) is 0.444. The predicted octanol–water partition coefficient (Wildman–Crippen LogP) is 1.51. The van der Waals surface area contributed by atoms with Gasteiger partial charge in [-0.2, -0.15) is 11.8 Å². The van der Waals surface area contributed by atoms with Gasteiger partial charge in [0.25, 0.3) is 0 Å². The molecule has 1 aliphatic heterocycles. The van der Waals surface area contributed by atoms with Gasteiger partial charge in [-0.25, -0.2) is 4.79 Å². The molecule has 2 amide bonds. The average Bonchev–Trinajstić information content (AvgIpc) is 2.35. The maximum absolute atomic E-state index is 12.1. The molecule has 1 fully saturated rings. The summed E-state index contributed by atoms with van der Waals surface area (Å²) in [6.07, 6.45) is 3.14. The van der Waals surface area contributed by atoms with E-state index < -0.39 is 0 Å². The highest BCUT2D eigenvalue weighted by Gasteiger charge is 2.23. The summed E-state index contributed by atoms with van der Waals surface area (Å²) >= 11 is 1.82. The Balaban J connectivity index is 2.38. The lowest BCUT2D eigenvalue weighted by atomic mass is 10.2. The van der Waals surface area contributed by atoms with Crippen molar-refractivity contribution in [2.24, 2.45) is 0 Å². The summed E-state index contributed by atoms with van der Waals surface area (Å²) in [5.74, 6) is 1.10. The highest BCUT2D eigenvalue weighted by atomic mass is 32.2. The van der Waals surface area contributed by atoms with Crippen molar-refractivity contribution in [1.29, 1.82) is 0 Å². The number of hydrogen-bond acceptors (Lipinski definition) is 3. The summed E-state index contributed by atoms with van der Waals surface area (Å²) in [5, 5.41) is 0. The van der Waals surface area contributed by atoms with Gasteiger partial charge in [0.1, 0.15) is 0 Å². The van der Waals surface area contributed by atoms with E-state index in [1.165, 1.54) is 0 Å². The lowest BCUT2D eigenvalue weighted by Crippen LogP contribution is -2.49. The third kappa shape index (κ3) is 3.87. The molecule has 1 aliphatic rings. The molecule has 0 spiro atoms. The Bertz CT molecular complexity index is 220. The van der Waals surface area contributed by atoms with Crippen LogP contribution < -0.4 is 0 Å². The van der Waals surface area contributed by atoms with Crippen LogP contribution in [0.3, 0.4) is 0 Å². The molecule has 0 N–H and O–H groups in total. The first-order valence-electron chi connectivity index (χ1n) is 5.75. The zero-order valence-electron chi connectivity index (χ0n) is 10.4. The molecule has 1 saturated heterocycles. The normalized spacial score (nSPS) is 18.3. The largest absolute Gasteiger partial charge is 0.378 e. The van der Waals surface area contributed by atoms with Crippen molar-refractivity contribution >= 4 is 17.8 Å². The maximum atomic E-state index is 12.1. The summed E-state index contributed by atoms with van der Waals surface area (Å²) in [4.78, 5) is 15.8. The fourth-order valence-corrected chi connectivity index (χ4v) is 2.23. The van der Waals surface area contributed by atoms with E-state index in [4.69, 9.17) is 4.74 Å². The van der Waals surface area contributed by atoms with Gasteiger partial charge >= 0.3 is 6.03 Å². The molecule has 1 heterocycles. The fraction of sp³-hybridized carbons (Fsp3) is 0.909. The number of rotatable bonds is 4. The molecule has 1 unspecified atom stereocenters. The van der Waals surface area contributed by atoms with Crippen LogP contribution in [0, 0.1) is 0 Å². The minimum Gasteiger partial charge on any atom is -0.378 e. The first-order chi connectivity index (χ1) is 7.66. The molecule has 0 saturated carbocycles. The Kier molecular flexibility index (Phi) is 5.98. The second-order valence-electron chi connectivity index (χ2n) is 4.12. The van der Waals surface area contributed by atoms with E-state index in [2.05, 4.69) is 13.2 Å². The molecule has 0 aromatic carbocycles. The van der Waals surface area contributed by atoms with Crippen LogP contribution >= 0.6 is 11.8 Å². The van der Waals surface area contributed by atoms with Gasteiger partial charge in [0, 0.05) is 26.2 Å². The van der Waals surface area contributed by atoms with Crippen LogP contribution in [0.4, 0.5) is 4.79 Å². The van der Waals surface area contributed by atoms with Crippen molar-refractivity contribution in [1.82, 2.24) is 9.80 Å². The standard InChI is InChI=1S/C11H22N2O2S/c1-10(4-9-16-3)12(2)11(14)13-5-7-15-8-6-13/h10H,4-9H2,1-3H3. The van der Waals surface area contributed by atoms with Gasteiger partial charge < -0.3 is 14.5 Å². The van der Waals surface area contributed by atoms with Gasteiger partial charge in [-0.15, -0.1) is 0 Å². The first kappa shape index (κ1) is 13.6. The zero-order valence-corrected chi connectivity index (χ0v) is 11.3. The number of ether oxygens (including phenoxy) is 1. The van der Waals surface area contributed by atoms with Gasteiger partial charge in [-0.1, -0.05) is 0 Å². The van der Waals surface area contributed by atoms with Crippen molar-refractivity contribution in [3.8, 4) is 0 Å². The number of urea groups is 1. The van der Waals surface area contributed by atoms with E-state index in [0.29, 0.717) is 19.3 Å². The SMILES string of the molecule is CSCCC(C)N(C)C(=O)N1CCOCC1. The number of thioether (sulfide) groups is 1. The number of hydrogen-bond donors (Lipinski definition) is 0. The second kappa shape index (κ2) is 7.01. The van der Waals surface area contributed by atoms with Gasteiger partial charge in [0.15, 0.2) is 0 Å². The summed E-state index contributed by atoms with van der Waals surface area (Å²) in [7, 11) is 1.89. The maximum Gasteiger partial charge on any atom is 0.320 e. The van der Waals surface area contributed by atoms with Crippen LogP contribution in [-0.4, -0.2) is 67.2 Å². The van der Waals surface area contributed by atoms with Crippen molar-refractivity contribution in [2.75, 3.05) is 45.4 Å². The molecule has 1 rings (SSSR count). The molecule has 5 heteroatoms. The highest BCUT2D eigenvalue weighted by molar-refractivity contribution is 7.98. The van der Waals surface area contributed by atoms with Crippen LogP contribution in [0.2, 0.25) is 0 Å². The minimum absolute atomic E-state index is 0.136. The summed E-state index contributed by atoms with van der Waals surface area (Å²) in [5.41, 5.74) is 0. The lowest BCUT2D eigenvalue weighted by molar-refractivity contribution is 0.0425. The van der Waals surface area contributed by atoms with E-state index in [1.807, 2.05) is 28.6 Å². The number of carbonyl (C=O) groups is 1. The first-order valence-corrected chi connectivity index (χ1v) is 7.14. The predicted molar refractivity (Wildman–Crippen MR) is 68.0 cm³/mol. The van der Waals surface area contributed by atoms with E-state index in [-0.39, 0.29) is 6.03 Å². The third-order valence-electron chi connectivity index (χ3n) is 2.98. The topological polar surface area (TPSA) is 32.8 Å². The number of amides is 2. The molecule has 94 valence electrons. The smallest absolute Gasteiger partial charge is 0.320 e. The number of carbonyl (C=O) groups excluding carboxylic acids is 1. The van der Waals surface area contributed by atoms with Crippen LogP contribution in [0.1, 0.15) is 13.3 Å². The van der Waals surface area contributed by atoms with Crippen molar-refractivity contribution in [2.45, 2.75) is 19.4 Å². The summed E-state index contributed by atoms with van der Waals surface area (Å²) in [6.45, 7) is 4.88. The molecule has 0 radical (unpaired) electrons. The molecular formula is C11H22N2O2S. The highest BCUT2D eigenvalue weighted by Crippen LogP contribution is 2.09. The van der Waals surface area contributed by atoms with Gasteiger partial charge in [0.2, 0.25) is 0 Å². The van der Waals surface area contributed by atoms with E-state index in [0.717, 1.165) is 25.3 Å². The monoisotopic (exact) mass is 246 g/mol. The molecule has 0 bridgehead atoms. The van der Waals surface area contributed by atoms with Crippen LogP contribution in [0.25, 0.3) is 0 Å². The van der Waals surface area contributed by atoms with Crippen molar-refractivity contribution < 1.29 is 9.53 Å². The molecule has 0 aliphatic carbocycles. The van der Waals surface area contributed by atoms with E-state index in [9.17, 15) is 4.79 Å². The Hall–Kier alpha value is -0.420. The molecule has 16 heavy (non-hydrogen) atoms. The summed E-state index contributed by atoms with van der Waals surface area (Å²) < 4.78 is 5.24. The Labute approximate surface area is 102 Å². The Morgan fingerprint density at radius 2 is 2.12 bits per heavy atom. The van der Waals surface area contributed by atoms with Crippen molar-refractivity contribution in [3.63, 3.8) is 0 Å². The number of nitrogens with zero attached hydrogens (tertiary/aromatic N) is 2. The molecule has 0 aromatic heterocycles. The zero-order chi connectivity index (χ0) is 12.0. The van der Waals surface area contributed by atoms with Gasteiger partial charge in [-0.05, 0) is 25.4 Å². The number of morpholine rings is 1. The molecule has 1 atom stereocenters. The van der Waals surface area contributed by atoms with Gasteiger partial charge in [-0.3, -0.25) is 0 Å². The Morgan fingerprint density at radius 1 is 1.50 bits per heavy atom. The Morgan fingerprint density at radius 3 is 2.69 bits per heavy atom. The lowest BCUT2D eigenvalue weighted by Gasteiger charge is -2.33. The minimum atomic E-state index is 0.136. The average molecular weight is 246 g/mol. The van der Waals surface area contributed by atoms with Crippen molar-refractivity contribution in [3.05, 3.63) is 0 Å². The molecule has 0 aromatic rings. The molecule has 4 nitrogen and oxygen atoms in total. The quantitative estimate of drug-likeness (QED) is 0.754. The third-order valence-corrected chi connectivity index (χ3v) is 3.63. The van der Waals surface area contributed by atoms with E-state index >= 15 is 0 Å². The molecular weight excluding hydrogens is 224 g/mol. The van der Waals surface area contributed by atoms with Crippen LogP contribution in [-0.2, 0) is 4.74 Å². The van der Waals surface area contributed by atoms with Crippen LogP contribution in [0.15, 0.2) is 0 Å².